The van der Waals surface area contributed by atoms with Gasteiger partial charge < -0.3 is 10.1 Å². The lowest BCUT2D eigenvalue weighted by Crippen LogP contribution is -2.65. The van der Waals surface area contributed by atoms with Gasteiger partial charge >= 0.3 is 0 Å². The topological polar surface area (TPSA) is 87.7 Å². The van der Waals surface area contributed by atoms with Crippen molar-refractivity contribution >= 4 is 17.7 Å². The van der Waals surface area contributed by atoms with Crippen LogP contribution in [0.3, 0.4) is 0 Å². The highest BCUT2D eigenvalue weighted by Crippen LogP contribution is 2.12. The van der Waals surface area contributed by atoms with Crippen molar-refractivity contribution in [1.29, 1.82) is 0 Å². The zero-order valence-electron chi connectivity index (χ0n) is 11.8. The molecule has 2 N–H and O–H groups in total. The van der Waals surface area contributed by atoms with Crippen LogP contribution in [0, 0.1) is 0 Å². The van der Waals surface area contributed by atoms with Crippen LogP contribution in [0.2, 0.25) is 0 Å². The smallest absolute Gasteiger partial charge is 0.249 e. The monoisotopic (exact) mass is 271 g/mol. The number of piperazine rings is 1. The summed E-state index contributed by atoms with van der Waals surface area (Å²) < 4.78 is 4.90. The highest BCUT2D eigenvalue weighted by atomic mass is 16.5. The minimum atomic E-state index is -0.827. The Labute approximate surface area is 112 Å². The van der Waals surface area contributed by atoms with Gasteiger partial charge in [-0.1, -0.05) is 0 Å². The van der Waals surface area contributed by atoms with E-state index in [1.165, 1.54) is 7.11 Å². The molecule has 7 heteroatoms. The molecule has 108 valence electrons. The zero-order chi connectivity index (χ0) is 14.6. The molecule has 0 radical (unpaired) electrons. The van der Waals surface area contributed by atoms with E-state index in [0.29, 0.717) is 6.61 Å². The molecule has 0 bridgehead atoms. The Kier molecular flexibility index (Phi) is 5.02. The standard InChI is InChI=1S/C12H21N3O4/c1-8(7-19-4)14-9(16)6-15-10(17)5-13-12(2,3)11(15)18/h8,13H,5-7H2,1-4H3,(H,14,16). The fraction of sp³-hybridized carbons (Fsp3) is 0.750. The van der Waals surface area contributed by atoms with Gasteiger partial charge in [-0.05, 0) is 20.8 Å². The van der Waals surface area contributed by atoms with E-state index >= 15 is 0 Å². The Morgan fingerprint density at radius 2 is 2.16 bits per heavy atom. The van der Waals surface area contributed by atoms with Crippen LogP contribution in [0.5, 0.6) is 0 Å². The molecule has 7 nitrogen and oxygen atoms in total. The van der Waals surface area contributed by atoms with Gasteiger partial charge in [0.1, 0.15) is 6.54 Å². The summed E-state index contributed by atoms with van der Waals surface area (Å²) >= 11 is 0. The number of amides is 3. The lowest BCUT2D eigenvalue weighted by Gasteiger charge is -2.36. The number of carbonyl (C=O) groups excluding carboxylic acids is 3. The number of methoxy groups -OCH3 is 1. The average Bonchev–Trinajstić information content (AvgIpc) is 2.30. The number of hydrogen-bond donors (Lipinski definition) is 2. The lowest BCUT2D eigenvalue weighted by atomic mass is 10.0. The molecule has 1 aliphatic rings. The van der Waals surface area contributed by atoms with Gasteiger partial charge in [0.25, 0.3) is 0 Å². The van der Waals surface area contributed by atoms with E-state index < -0.39 is 11.4 Å². The van der Waals surface area contributed by atoms with E-state index in [1.54, 1.807) is 20.8 Å². The molecule has 0 saturated carbocycles. The highest BCUT2D eigenvalue weighted by Gasteiger charge is 2.40. The van der Waals surface area contributed by atoms with Crippen LogP contribution in [0.1, 0.15) is 20.8 Å². The third-order valence-electron chi connectivity index (χ3n) is 2.89. The number of carbonyl (C=O) groups is 3. The van der Waals surface area contributed by atoms with Crippen LogP contribution in [0.15, 0.2) is 0 Å². The minimum Gasteiger partial charge on any atom is -0.383 e. The van der Waals surface area contributed by atoms with Gasteiger partial charge in [-0.25, -0.2) is 0 Å². The van der Waals surface area contributed by atoms with E-state index in [4.69, 9.17) is 4.74 Å². The predicted molar refractivity (Wildman–Crippen MR) is 68.3 cm³/mol. The molecule has 0 aliphatic carbocycles. The van der Waals surface area contributed by atoms with E-state index in [9.17, 15) is 14.4 Å². The SMILES string of the molecule is COCC(C)NC(=O)CN1C(=O)CNC(C)(C)C1=O. The molecule has 1 heterocycles. The first-order chi connectivity index (χ1) is 8.77. The molecule has 1 aliphatic heterocycles. The first-order valence-electron chi connectivity index (χ1n) is 6.16. The number of imide groups is 1. The van der Waals surface area contributed by atoms with E-state index in [-0.39, 0.29) is 30.9 Å². The fourth-order valence-electron chi connectivity index (χ4n) is 1.83. The molecule has 19 heavy (non-hydrogen) atoms. The zero-order valence-corrected chi connectivity index (χ0v) is 11.8. The third-order valence-corrected chi connectivity index (χ3v) is 2.89. The van der Waals surface area contributed by atoms with Gasteiger partial charge in [-0.15, -0.1) is 0 Å². The van der Waals surface area contributed by atoms with Crippen LogP contribution in [-0.2, 0) is 19.1 Å². The van der Waals surface area contributed by atoms with Crippen molar-refractivity contribution in [1.82, 2.24) is 15.5 Å². The van der Waals surface area contributed by atoms with Crippen LogP contribution in [0.25, 0.3) is 0 Å². The van der Waals surface area contributed by atoms with E-state index in [0.717, 1.165) is 4.90 Å². The predicted octanol–water partition coefficient (Wildman–Crippen LogP) is -1.13. The third kappa shape index (κ3) is 4.00. The number of nitrogens with zero attached hydrogens (tertiary/aromatic N) is 1. The number of rotatable bonds is 5. The molecular formula is C12H21N3O4. The largest absolute Gasteiger partial charge is 0.383 e. The Morgan fingerprint density at radius 3 is 2.74 bits per heavy atom. The van der Waals surface area contributed by atoms with Crippen molar-refractivity contribution in [3.8, 4) is 0 Å². The van der Waals surface area contributed by atoms with Gasteiger partial charge in [0, 0.05) is 13.2 Å². The quantitative estimate of drug-likeness (QED) is 0.618. The van der Waals surface area contributed by atoms with Crippen LogP contribution >= 0.6 is 0 Å². The maximum Gasteiger partial charge on any atom is 0.249 e. The first kappa shape index (κ1) is 15.6. The summed E-state index contributed by atoms with van der Waals surface area (Å²) in [5.74, 6) is -1.15. The van der Waals surface area contributed by atoms with Gasteiger partial charge in [0.15, 0.2) is 0 Å². The molecule has 1 fully saturated rings. The lowest BCUT2D eigenvalue weighted by molar-refractivity contribution is -0.154. The Morgan fingerprint density at radius 1 is 1.53 bits per heavy atom. The second kappa shape index (κ2) is 6.12. The van der Waals surface area contributed by atoms with E-state index in [2.05, 4.69) is 10.6 Å². The van der Waals surface area contributed by atoms with Crippen LogP contribution in [-0.4, -0.2) is 61.0 Å². The maximum atomic E-state index is 12.0. The summed E-state index contributed by atoms with van der Waals surface area (Å²) in [6.07, 6.45) is 0. The van der Waals surface area contributed by atoms with Crippen molar-refractivity contribution in [2.45, 2.75) is 32.4 Å². The molecule has 1 atom stereocenters. The number of hydrogen-bond acceptors (Lipinski definition) is 5. The molecule has 3 amide bonds. The van der Waals surface area contributed by atoms with Crippen molar-refractivity contribution in [3.05, 3.63) is 0 Å². The van der Waals surface area contributed by atoms with Gasteiger partial charge in [-0.3, -0.25) is 24.6 Å². The Balaban J connectivity index is 2.61. The summed E-state index contributed by atoms with van der Waals surface area (Å²) in [5.41, 5.74) is -0.827. The molecular weight excluding hydrogens is 250 g/mol. The van der Waals surface area contributed by atoms with Crippen molar-refractivity contribution in [2.24, 2.45) is 0 Å². The molecule has 0 spiro atoms. The highest BCUT2D eigenvalue weighted by molar-refractivity contribution is 6.05. The Hall–Kier alpha value is -1.47. The van der Waals surface area contributed by atoms with Crippen molar-refractivity contribution in [2.75, 3.05) is 26.8 Å². The molecule has 1 rings (SSSR count). The minimum absolute atomic E-state index is 0.0552. The maximum absolute atomic E-state index is 12.0. The Bertz CT molecular complexity index is 381. The summed E-state index contributed by atoms with van der Waals surface area (Å²) in [5, 5.41) is 5.50. The summed E-state index contributed by atoms with van der Waals surface area (Å²) in [6, 6.07) is -0.168. The number of ether oxygens (including phenoxy) is 1. The summed E-state index contributed by atoms with van der Waals surface area (Å²) in [6.45, 7) is 5.32. The van der Waals surface area contributed by atoms with Gasteiger partial charge in [0.2, 0.25) is 17.7 Å². The number of nitrogens with one attached hydrogen (secondary N) is 2. The molecule has 0 aromatic heterocycles. The van der Waals surface area contributed by atoms with E-state index in [1.807, 2.05) is 0 Å². The van der Waals surface area contributed by atoms with Crippen molar-refractivity contribution in [3.63, 3.8) is 0 Å². The fourth-order valence-corrected chi connectivity index (χ4v) is 1.83. The molecule has 0 aromatic rings. The first-order valence-corrected chi connectivity index (χ1v) is 6.16. The molecule has 1 saturated heterocycles. The van der Waals surface area contributed by atoms with Gasteiger partial charge in [-0.2, -0.15) is 0 Å². The van der Waals surface area contributed by atoms with Crippen molar-refractivity contribution < 1.29 is 19.1 Å². The average molecular weight is 271 g/mol. The van der Waals surface area contributed by atoms with Gasteiger partial charge in [0.05, 0.1) is 18.7 Å². The van der Waals surface area contributed by atoms with Crippen LogP contribution in [0.4, 0.5) is 0 Å². The molecule has 0 aromatic carbocycles. The second-order valence-electron chi connectivity index (χ2n) is 5.19. The summed E-state index contributed by atoms with van der Waals surface area (Å²) in [4.78, 5) is 36.5. The molecule has 1 unspecified atom stereocenters. The second-order valence-corrected chi connectivity index (χ2v) is 5.19. The van der Waals surface area contributed by atoms with Crippen LogP contribution < -0.4 is 10.6 Å². The normalized spacial score (nSPS) is 20.3. The summed E-state index contributed by atoms with van der Waals surface area (Å²) in [7, 11) is 1.54.